The number of halogens is 1. The summed E-state index contributed by atoms with van der Waals surface area (Å²) < 4.78 is 14.3. The van der Waals surface area contributed by atoms with E-state index in [1.807, 2.05) is 66.0 Å². The lowest BCUT2D eigenvalue weighted by Crippen LogP contribution is -2.19. The van der Waals surface area contributed by atoms with E-state index in [4.69, 9.17) is 0 Å². The third-order valence-electron chi connectivity index (χ3n) is 5.22. The topological polar surface area (TPSA) is 57.7 Å². The van der Waals surface area contributed by atoms with Gasteiger partial charge in [-0.1, -0.05) is 36.4 Å². The summed E-state index contributed by atoms with van der Waals surface area (Å²) in [6.07, 6.45) is 8.10. The van der Waals surface area contributed by atoms with Gasteiger partial charge >= 0.3 is 0 Å². The molecule has 3 aromatic heterocycles. The molecule has 0 aliphatic heterocycles. The molecule has 6 heteroatoms. The van der Waals surface area contributed by atoms with Crippen molar-refractivity contribution in [3.63, 3.8) is 0 Å². The van der Waals surface area contributed by atoms with Gasteiger partial charge in [0.25, 0.3) is 0 Å². The first-order valence-electron chi connectivity index (χ1n) is 10.1. The van der Waals surface area contributed by atoms with Crippen LogP contribution in [0.25, 0.3) is 11.0 Å². The highest BCUT2D eigenvalue weighted by Gasteiger charge is 2.15. The Labute approximate surface area is 179 Å². The van der Waals surface area contributed by atoms with Crippen LogP contribution in [0.2, 0.25) is 0 Å². The fraction of sp³-hybridized carbons (Fsp3) is 0.0800. The smallest absolute Gasteiger partial charge is 0.230 e. The van der Waals surface area contributed by atoms with E-state index in [0.717, 1.165) is 27.8 Å². The van der Waals surface area contributed by atoms with Crippen molar-refractivity contribution in [2.24, 2.45) is 0 Å². The molecule has 1 N–H and O–H groups in total. The molecular formula is C25H20FN5. The van der Waals surface area contributed by atoms with E-state index in [1.54, 1.807) is 18.3 Å². The van der Waals surface area contributed by atoms with Crippen LogP contribution >= 0.6 is 0 Å². The van der Waals surface area contributed by atoms with Gasteiger partial charge in [0.05, 0.1) is 6.54 Å². The summed E-state index contributed by atoms with van der Waals surface area (Å²) in [6.45, 7) is 0.337. The SMILES string of the molecule is Fc1ccccc1CN(c1ccccc1)c1ncc(Cc2c[nH]c3ncccc23)cn1. The summed E-state index contributed by atoms with van der Waals surface area (Å²) in [6, 6.07) is 20.5. The Hall–Kier alpha value is -4.06. The number of aromatic nitrogens is 4. The largest absolute Gasteiger partial charge is 0.346 e. The molecule has 0 bridgehead atoms. The normalized spacial score (nSPS) is 11.0. The molecular weight excluding hydrogens is 389 g/mol. The van der Waals surface area contributed by atoms with Gasteiger partial charge in [-0.05, 0) is 41.5 Å². The van der Waals surface area contributed by atoms with Crippen LogP contribution in [0.3, 0.4) is 0 Å². The van der Waals surface area contributed by atoms with Crippen molar-refractivity contribution in [2.45, 2.75) is 13.0 Å². The second-order valence-corrected chi connectivity index (χ2v) is 7.29. The molecule has 0 atom stereocenters. The fourth-order valence-corrected chi connectivity index (χ4v) is 3.64. The van der Waals surface area contributed by atoms with Gasteiger partial charge < -0.3 is 9.88 Å². The van der Waals surface area contributed by atoms with E-state index in [-0.39, 0.29) is 5.82 Å². The van der Waals surface area contributed by atoms with Crippen LogP contribution in [-0.2, 0) is 13.0 Å². The van der Waals surface area contributed by atoms with Gasteiger partial charge in [0.15, 0.2) is 0 Å². The third kappa shape index (κ3) is 4.00. The average molecular weight is 409 g/mol. The van der Waals surface area contributed by atoms with Crippen molar-refractivity contribution >= 4 is 22.7 Å². The van der Waals surface area contributed by atoms with Crippen molar-refractivity contribution in [1.82, 2.24) is 19.9 Å². The summed E-state index contributed by atoms with van der Waals surface area (Å²) in [7, 11) is 0. The molecule has 5 aromatic rings. The molecule has 0 unspecified atom stereocenters. The minimum absolute atomic E-state index is 0.243. The number of H-pyrrole nitrogens is 1. The molecule has 5 rings (SSSR count). The maximum Gasteiger partial charge on any atom is 0.230 e. The number of pyridine rings is 1. The van der Waals surface area contributed by atoms with Gasteiger partial charge in [-0.2, -0.15) is 0 Å². The van der Waals surface area contributed by atoms with Crippen LogP contribution in [0, 0.1) is 5.82 Å². The number of hydrogen-bond donors (Lipinski definition) is 1. The molecule has 2 aromatic carbocycles. The molecule has 31 heavy (non-hydrogen) atoms. The Bertz CT molecular complexity index is 1300. The Morgan fingerprint density at radius 1 is 0.806 bits per heavy atom. The summed E-state index contributed by atoms with van der Waals surface area (Å²) in [5.74, 6) is 0.284. The van der Waals surface area contributed by atoms with E-state index in [0.29, 0.717) is 24.5 Å². The number of aromatic amines is 1. The van der Waals surface area contributed by atoms with E-state index in [1.165, 1.54) is 6.07 Å². The van der Waals surface area contributed by atoms with E-state index >= 15 is 0 Å². The van der Waals surface area contributed by atoms with Gasteiger partial charge in [0, 0.05) is 47.8 Å². The van der Waals surface area contributed by atoms with Gasteiger partial charge in [-0.15, -0.1) is 0 Å². The number of anilines is 2. The first-order valence-corrected chi connectivity index (χ1v) is 10.1. The van der Waals surface area contributed by atoms with Crippen LogP contribution < -0.4 is 4.90 Å². The predicted octanol–water partition coefficient (Wildman–Crippen LogP) is 5.42. The Kier molecular flexibility index (Phi) is 5.10. The summed E-state index contributed by atoms with van der Waals surface area (Å²) in [5, 5.41) is 1.09. The molecule has 0 fully saturated rings. The zero-order valence-corrected chi connectivity index (χ0v) is 16.7. The summed E-state index contributed by atoms with van der Waals surface area (Å²) in [5.41, 5.74) is 4.50. The summed E-state index contributed by atoms with van der Waals surface area (Å²) in [4.78, 5) is 18.7. The second-order valence-electron chi connectivity index (χ2n) is 7.29. The standard InChI is InChI=1S/C25H20FN5/c26-23-11-5-4-7-19(23)17-31(21-8-2-1-3-9-21)25-29-14-18(15-30-25)13-20-16-28-24-22(20)10-6-12-27-24/h1-12,14-16H,13,17H2,(H,27,28). The molecule has 3 heterocycles. The third-order valence-corrected chi connectivity index (χ3v) is 5.22. The van der Waals surface area contributed by atoms with Crippen LogP contribution in [0.1, 0.15) is 16.7 Å². The van der Waals surface area contributed by atoms with Crippen molar-refractivity contribution in [2.75, 3.05) is 4.90 Å². The molecule has 0 amide bonds. The van der Waals surface area contributed by atoms with Crippen LogP contribution in [0.4, 0.5) is 16.0 Å². The van der Waals surface area contributed by atoms with Crippen molar-refractivity contribution in [3.8, 4) is 0 Å². The highest BCUT2D eigenvalue weighted by Crippen LogP contribution is 2.26. The first-order chi connectivity index (χ1) is 15.3. The fourth-order valence-electron chi connectivity index (χ4n) is 3.64. The van der Waals surface area contributed by atoms with Crippen LogP contribution in [0.15, 0.2) is 91.5 Å². The van der Waals surface area contributed by atoms with Crippen LogP contribution in [0.5, 0.6) is 0 Å². The quantitative estimate of drug-likeness (QED) is 0.407. The van der Waals surface area contributed by atoms with Crippen LogP contribution in [-0.4, -0.2) is 19.9 Å². The van der Waals surface area contributed by atoms with Crippen molar-refractivity contribution in [3.05, 3.63) is 114 Å². The van der Waals surface area contributed by atoms with Gasteiger partial charge in [0.2, 0.25) is 5.95 Å². The molecule has 0 radical (unpaired) electrons. The molecule has 5 nitrogen and oxygen atoms in total. The Morgan fingerprint density at radius 3 is 2.39 bits per heavy atom. The number of nitrogens with zero attached hydrogens (tertiary/aromatic N) is 4. The number of para-hydroxylation sites is 1. The minimum atomic E-state index is -0.243. The second kappa shape index (κ2) is 8.36. The molecule has 152 valence electrons. The van der Waals surface area contributed by atoms with Gasteiger partial charge in [-0.25, -0.2) is 19.3 Å². The maximum atomic E-state index is 14.3. The predicted molar refractivity (Wildman–Crippen MR) is 120 cm³/mol. The van der Waals surface area contributed by atoms with Crippen molar-refractivity contribution in [1.29, 1.82) is 0 Å². The molecule has 0 spiro atoms. The lowest BCUT2D eigenvalue weighted by atomic mass is 10.1. The molecule has 0 saturated carbocycles. The number of nitrogens with one attached hydrogen (secondary N) is 1. The van der Waals surface area contributed by atoms with E-state index < -0.39 is 0 Å². The monoisotopic (exact) mass is 409 g/mol. The Morgan fingerprint density at radius 2 is 1.58 bits per heavy atom. The zero-order valence-electron chi connectivity index (χ0n) is 16.7. The average Bonchev–Trinajstić information content (AvgIpc) is 3.23. The highest BCUT2D eigenvalue weighted by molar-refractivity contribution is 5.79. The number of fused-ring (bicyclic) bond motifs is 1. The van der Waals surface area contributed by atoms with Gasteiger partial charge in [-0.3, -0.25) is 0 Å². The van der Waals surface area contributed by atoms with Gasteiger partial charge in [0.1, 0.15) is 11.5 Å². The number of benzene rings is 2. The zero-order chi connectivity index (χ0) is 21.0. The van der Waals surface area contributed by atoms with Crippen molar-refractivity contribution < 1.29 is 4.39 Å². The molecule has 0 aliphatic carbocycles. The highest BCUT2D eigenvalue weighted by atomic mass is 19.1. The number of rotatable bonds is 6. The maximum absolute atomic E-state index is 14.3. The minimum Gasteiger partial charge on any atom is -0.346 e. The lowest BCUT2D eigenvalue weighted by Gasteiger charge is -2.23. The Balaban J connectivity index is 1.44. The number of hydrogen-bond acceptors (Lipinski definition) is 4. The van der Waals surface area contributed by atoms with E-state index in [2.05, 4.69) is 26.0 Å². The lowest BCUT2D eigenvalue weighted by molar-refractivity contribution is 0.608. The van der Waals surface area contributed by atoms with E-state index in [9.17, 15) is 4.39 Å². The first kappa shape index (κ1) is 18.9. The summed E-state index contributed by atoms with van der Waals surface area (Å²) >= 11 is 0. The molecule has 0 aliphatic rings. The molecule has 0 saturated heterocycles.